The SMILES string of the molecule is COc1cccc(CNC(=O)c2csc(NC(=O)Nc3ccccc3)n2)c1. The molecule has 0 aliphatic carbocycles. The standard InChI is InChI=1S/C19H18N4O3S/c1-26-15-9-5-6-13(10-15)11-20-17(24)16-12-27-19(22-16)23-18(25)21-14-7-3-2-4-8-14/h2-10,12H,11H2,1H3,(H,20,24)(H2,21,22,23,25). The monoisotopic (exact) mass is 382 g/mol. The molecule has 0 aliphatic heterocycles. The molecule has 1 heterocycles. The number of nitrogens with zero attached hydrogens (tertiary/aromatic N) is 1. The third-order valence-electron chi connectivity index (χ3n) is 3.58. The number of benzene rings is 2. The van der Waals surface area contributed by atoms with Crippen molar-refractivity contribution < 1.29 is 14.3 Å². The first-order valence-electron chi connectivity index (χ1n) is 8.14. The summed E-state index contributed by atoms with van der Waals surface area (Å²) in [5, 5.41) is 10.0. The molecule has 0 radical (unpaired) electrons. The van der Waals surface area contributed by atoms with Gasteiger partial charge in [-0.1, -0.05) is 30.3 Å². The van der Waals surface area contributed by atoms with Gasteiger partial charge in [-0.2, -0.15) is 0 Å². The molecule has 3 amide bonds. The molecular formula is C19H18N4O3S. The third kappa shape index (κ3) is 5.29. The maximum absolute atomic E-state index is 12.2. The van der Waals surface area contributed by atoms with Crippen LogP contribution in [0.3, 0.4) is 0 Å². The summed E-state index contributed by atoms with van der Waals surface area (Å²) < 4.78 is 5.16. The quantitative estimate of drug-likeness (QED) is 0.606. The second-order valence-electron chi connectivity index (χ2n) is 5.52. The molecule has 3 rings (SSSR count). The Morgan fingerprint density at radius 1 is 1.07 bits per heavy atom. The van der Waals surface area contributed by atoms with Crippen molar-refractivity contribution in [3.8, 4) is 5.75 Å². The van der Waals surface area contributed by atoms with Crippen LogP contribution in [0, 0.1) is 0 Å². The zero-order chi connectivity index (χ0) is 19.1. The van der Waals surface area contributed by atoms with Crippen LogP contribution >= 0.6 is 11.3 Å². The Kier molecular flexibility index (Phi) is 6.01. The van der Waals surface area contributed by atoms with E-state index in [1.807, 2.05) is 42.5 Å². The molecule has 2 aromatic carbocycles. The number of anilines is 2. The van der Waals surface area contributed by atoms with Crippen LogP contribution in [-0.4, -0.2) is 24.0 Å². The summed E-state index contributed by atoms with van der Waals surface area (Å²) in [6, 6.07) is 16.1. The molecule has 0 fully saturated rings. The lowest BCUT2D eigenvalue weighted by molar-refractivity contribution is 0.0946. The smallest absolute Gasteiger partial charge is 0.325 e. The molecule has 0 spiro atoms. The van der Waals surface area contributed by atoms with Crippen molar-refractivity contribution >= 4 is 34.1 Å². The summed E-state index contributed by atoms with van der Waals surface area (Å²) in [5.41, 5.74) is 1.83. The van der Waals surface area contributed by atoms with Crippen LogP contribution in [0.1, 0.15) is 16.1 Å². The lowest BCUT2D eigenvalue weighted by Gasteiger charge is -2.06. The van der Waals surface area contributed by atoms with E-state index >= 15 is 0 Å². The van der Waals surface area contributed by atoms with Crippen LogP contribution < -0.4 is 20.7 Å². The predicted molar refractivity (Wildman–Crippen MR) is 105 cm³/mol. The number of carbonyl (C=O) groups excluding carboxylic acids is 2. The first-order chi connectivity index (χ1) is 13.1. The van der Waals surface area contributed by atoms with Crippen molar-refractivity contribution in [3.05, 3.63) is 71.2 Å². The van der Waals surface area contributed by atoms with Gasteiger partial charge in [0.1, 0.15) is 11.4 Å². The van der Waals surface area contributed by atoms with Gasteiger partial charge in [0.2, 0.25) is 0 Å². The molecule has 27 heavy (non-hydrogen) atoms. The van der Waals surface area contributed by atoms with Gasteiger partial charge in [-0.05, 0) is 29.8 Å². The Morgan fingerprint density at radius 3 is 2.67 bits per heavy atom. The van der Waals surface area contributed by atoms with Crippen LogP contribution in [0.4, 0.5) is 15.6 Å². The molecule has 0 saturated carbocycles. The van der Waals surface area contributed by atoms with Crippen LogP contribution in [0.2, 0.25) is 0 Å². The zero-order valence-corrected chi connectivity index (χ0v) is 15.4. The van der Waals surface area contributed by atoms with Gasteiger partial charge >= 0.3 is 6.03 Å². The molecule has 3 N–H and O–H groups in total. The number of carbonyl (C=O) groups is 2. The van der Waals surface area contributed by atoms with E-state index in [1.54, 1.807) is 24.6 Å². The maximum atomic E-state index is 12.2. The van der Waals surface area contributed by atoms with Crippen molar-refractivity contribution in [3.63, 3.8) is 0 Å². The minimum atomic E-state index is -0.418. The molecule has 0 bridgehead atoms. The van der Waals surface area contributed by atoms with Crippen molar-refractivity contribution in [2.24, 2.45) is 0 Å². The van der Waals surface area contributed by atoms with E-state index in [2.05, 4.69) is 20.9 Å². The van der Waals surface area contributed by atoms with Gasteiger partial charge in [0, 0.05) is 17.6 Å². The highest BCUT2D eigenvalue weighted by Crippen LogP contribution is 2.17. The van der Waals surface area contributed by atoms with E-state index < -0.39 is 6.03 Å². The van der Waals surface area contributed by atoms with Gasteiger partial charge in [-0.25, -0.2) is 9.78 Å². The predicted octanol–water partition coefficient (Wildman–Crippen LogP) is 3.73. The summed E-state index contributed by atoms with van der Waals surface area (Å²) in [5.74, 6) is 0.414. The first-order valence-corrected chi connectivity index (χ1v) is 9.02. The van der Waals surface area contributed by atoms with Crippen molar-refractivity contribution in [1.29, 1.82) is 0 Å². The number of urea groups is 1. The normalized spacial score (nSPS) is 10.1. The van der Waals surface area contributed by atoms with E-state index in [0.29, 0.717) is 17.4 Å². The fraction of sp³-hybridized carbons (Fsp3) is 0.105. The van der Waals surface area contributed by atoms with Crippen molar-refractivity contribution in [2.45, 2.75) is 6.54 Å². The molecular weight excluding hydrogens is 364 g/mol. The maximum Gasteiger partial charge on any atom is 0.325 e. The Labute approximate surface area is 160 Å². The first kappa shape index (κ1) is 18.4. The van der Waals surface area contributed by atoms with Gasteiger partial charge in [0.15, 0.2) is 5.13 Å². The molecule has 3 aromatic rings. The number of aromatic nitrogens is 1. The zero-order valence-electron chi connectivity index (χ0n) is 14.6. The number of hydrogen-bond acceptors (Lipinski definition) is 5. The van der Waals surface area contributed by atoms with E-state index in [4.69, 9.17) is 4.74 Å². The molecule has 8 heteroatoms. The minimum absolute atomic E-state index is 0.248. The minimum Gasteiger partial charge on any atom is -0.497 e. The molecule has 0 aliphatic rings. The molecule has 0 saturated heterocycles. The van der Waals surface area contributed by atoms with E-state index in [-0.39, 0.29) is 11.6 Å². The van der Waals surface area contributed by atoms with Gasteiger partial charge in [0.25, 0.3) is 5.91 Å². The number of rotatable bonds is 6. The largest absolute Gasteiger partial charge is 0.497 e. The van der Waals surface area contributed by atoms with Crippen LogP contribution in [0.5, 0.6) is 5.75 Å². The number of hydrogen-bond donors (Lipinski definition) is 3. The Balaban J connectivity index is 1.53. The van der Waals surface area contributed by atoms with Gasteiger partial charge in [0.05, 0.1) is 7.11 Å². The lowest BCUT2D eigenvalue weighted by Crippen LogP contribution is -2.23. The van der Waals surface area contributed by atoms with Crippen LogP contribution in [0.25, 0.3) is 0 Å². The molecule has 138 valence electrons. The Hall–Kier alpha value is -3.39. The highest BCUT2D eigenvalue weighted by Gasteiger charge is 2.12. The summed E-state index contributed by atoms with van der Waals surface area (Å²) in [6.07, 6.45) is 0. The average molecular weight is 382 g/mol. The molecule has 1 aromatic heterocycles. The number of ether oxygens (including phenoxy) is 1. The topological polar surface area (TPSA) is 92.4 Å². The molecule has 0 atom stereocenters. The summed E-state index contributed by atoms with van der Waals surface area (Å²) in [7, 11) is 1.59. The number of thiazole rings is 1. The fourth-order valence-electron chi connectivity index (χ4n) is 2.27. The lowest BCUT2D eigenvalue weighted by atomic mass is 10.2. The number of para-hydroxylation sites is 1. The highest BCUT2D eigenvalue weighted by molar-refractivity contribution is 7.14. The van der Waals surface area contributed by atoms with E-state index in [0.717, 1.165) is 11.3 Å². The van der Waals surface area contributed by atoms with E-state index in [9.17, 15) is 9.59 Å². The van der Waals surface area contributed by atoms with Gasteiger partial charge in [-0.3, -0.25) is 10.1 Å². The second-order valence-corrected chi connectivity index (χ2v) is 6.38. The highest BCUT2D eigenvalue weighted by atomic mass is 32.1. The summed E-state index contributed by atoms with van der Waals surface area (Å²) in [4.78, 5) is 28.3. The Bertz CT molecular complexity index is 927. The van der Waals surface area contributed by atoms with Crippen molar-refractivity contribution in [2.75, 3.05) is 17.7 Å². The molecule has 7 nitrogen and oxygen atoms in total. The van der Waals surface area contributed by atoms with Gasteiger partial charge in [-0.15, -0.1) is 11.3 Å². The number of nitrogens with one attached hydrogen (secondary N) is 3. The van der Waals surface area contributed by atoms with Crippen LogP contribution in [-0.2, 0) is 6.54 Å². The summed E-state index contributed by atoms with van der Waals surface area (Å²) >= 11 is 1.18. The summed E-state index contributed by atoms with van der Waals surface area (Å²) in [6.45, 7) is 0.352. The van der Waals surface area contributed by atoms with E-state index in [1.165, 1.54) is 11.3 Å². The Morgan fingerprint density at radius 2 is 1.89 bits per heavy atom. The molecule has 0 unspecified atom stereocenters. The number of amides is 3. The second kappa shape index (κ2) is 8.81. The fourth-order valence-corrected chi connectivity index (χ4v) is 2.96. The van der Waals surface area contributed by atoms with Crippen LogP contribution in [0.15, 0.2) is 60.0 Å². The number of methoxy groups -OCH3 is 1. The third-order valence-corrected chi connectivity index (χ3v) is 4.33. The van der Waals surface area contributed by atoms with Gasteiger partial charge < -0.3 is 15.4 Å². The average Bonchev–Trinajstić information content (AvgIpc) is 3.15. The van der Waals surface area contributed by atoms with Crippen molar-refractivity contribution in [1.82, 2.24) is 10.3 Å².